The van der Waals surface area contributed by atoms with Gasteiger partial charge in [0.25, 0.3) is 0 Å². The molecule has 0 radical (unpaired) electrons. The molecule has 2 aromatic carbocycles. The van der Waals surface area contributed by atoms with E-state index in [9.17, 15) is 5.11 Å². The van der Waals surface area contributed by atoms with E-state index in [1.165, 1.54) is 0 Å². The first kappa shape index (κ1) is 16.5. The number of halogens is 1. The van der Waals surface area contributed by atoms with Gasteiger partial charge in [0.1, 0.15) is 17.1 Å². The number of rotatable bonds is 4. The molecule has 5 heteroatoms. The molecule has 1 atom stereocenters. The summed E-state index contributed by atoms with van der Waals surface area (Å²) >= 11 is 3.40. The summed E-state index contributed by atoms with van der Waals surface area (Å²) in [4.78, 5) is 8.74. The number of nitrogens with one attached hydrogen (secondary N) is 1. The van der Waals surface area contributed by atoms with Gasteiger partial charge in [0, 0.05) is 27.8 Å². The molecule has 2 heterocycles. The molecule has 4 nitrogen and oxygen atoms in total. The van der Waals surface area contributed by atoms with E-state index in [-0.39, 0.29) is 11.8 Å². The van der Waals surface area contributed by atoms with Crippen LogP contribution in [0.25, 0.3) is 10.9 Å². The maximum atomic E-state index is 10.9. The van der Waals surface area contributed by atoms with Gasteiger partial charge in [0.15, 0.2) is 0 Å². The number of pyridine rings is 2. The zero-order valence-corrected chi connectivity index (χ0v) is 15.4. The van der Waals surface area contributed by atoms with Crippen LogP contribution in [0, 0.1) is 0 Å². The van der Waals surface area contributed by atoms with Crippen molar-refractivity contribution in [2.24, 2.45) is 0 Å². The van der Waals surface area contributed by atoms with Gasteiger partial charge in [-0.05, 0) is 39.7 Å². The zero-order chi connectivity index (χ0) is 17.9. The third-order valence-electron chi connectivity index (χ3n) is 4.24. The van der Waals surface area contributed by atoms with Gasteiger partial charge in [0.05, 0.1) is 6.04 Å². The summed E-state index contributed by atoms with van der Waals surface area (Å²) in [6.45, 7) is 0. The lowest BCUT2D eigenvalue weighted by Gasteiger charge is -2.22. The second-order valence-electron chi connectivity index (χ2n) is 5.93. The van der Waals surface area contributed by atoms with Crippen LogP contribution in [0.4, 0.5) is 5.82 Å². The highest BCUT2D eigenvalue weighted by Gasteiger charge is 2.20. The number of nitrogens with zero attached hydrogens (tertiary/aromatic N) is 2. The van der Waals surface area contributed by atoms with Crippen molar-refractivity contribution in [1.82, 2.24) is 9.97 Å². The van der Waals surface area contributed by atoms with Crippen LogP contribution in [0.2, 0.25) is 0 Å². The van der Waals surface area contributed by atoms with Gasteiger partial charge in [-0.25, -0.2) is 4.98 Å². The Hall–Kier alpha value is -2.92. The van der Waals surface area contributed by atoms with E-state index in [0.717, 1.165) is 26.8 Å². The smallest absolute Gasteiger partial charge is 0.147 e. The van der Waals surface area contributed by atoms with Crippen LogP contribution in [-0.4, -0.2) is 15.1 Å². The first-order valence-corrected chi connectivity index (χ1v) is 9.01. The van der Waals surface area contributed by atoms with Gasteiger partial charge >= 0.3 is 0 Å². The number of benzene rings is 2. The van der Waals surface area contributed by atoms with Crippen LogP contribution in [-0.2, 0) is 0 Å². The molecule has 0 aliphatic rings. The first-order chi connectivity index (χ1) is 12.7. The number of fused-ring (bicyclic) bond motifs is 1. The van der Waals surface area contributed by atoms with Crippen molar-refractivity contribution in [3.8, 4) is 5.75 Å². The predicted octanol–water partition coefficient (Wildman–Crippen LogP) is 5.30. The van der Waals surface area contributed by atoms with Crippen molar-refractivity contribution in [2.75, 3.05) is 5.32 Å². The Bertz CT molecular complexity index is 1040. The van der Waals surface area contributed by atoms with Gasteiger partial charge in [-0.15, -0.1) is 0 Å². The Morgan fingerprint density at radius 1 is 0.885 bits per heavy atom. The van der Waals surface area contributed by atoms with Gasteiger partial charge in [-0.1, -0.05) is 48.5 Å². The Kier molecular flexibility index (Phi) is 4.54. The second-order valence-corrected chi connectivity index (χ2v) is 6.84. The maximum absolute atomic E-state index is 10.9. The highest BCUT2D eigenvalue weighted by Crippen LogP contribution is 2.36. The Morgan fingerprint density at radius 3 is 2.50 bits per heavy atom. The maximum Gasteiger partial charge on any atom is 0.147 e. The van der Waals surface area contributed by atoms with Crippen LogP contribution in [0.3, 0.4) is 0 Å². The topological polar surface area (TPSA) is 58.0 Å². The Morgan fingerprint density at radius 2 is 1.73 bits per heavy atom. The quantitative estimate of drug-likeness (QED) is 0.483. The number of hydrogen-bond donors (Lipinski definition) is 2. The van der Waals surface area contributed by atoms with Crippen molar-refractivity contribution in [1.29, 1.82) is 0 Å². The summed E-state index contributed by atoms with van der Waals surface area (Å²) in [7, 11) is 0. The zero-order valence-electron chi connectivity index (χ0n) is 13.8. The molecule has 0 bridgehead atoms. The average Bonchev–Trinajstić information content (AvgIpc) is 2.69. The van der Waals surface area contributed by atoms with E-state index in [4.69, 9.17) is 0 Å². The van der Waals surface area contributed by atoms with Crippen LogP contribution < -0.4 is 5.32 Å². The molecule has 0 fully saturated rings. The number of hydrogen-bond acceptors (Lipinski definition) is 4. The predicted molar refractivity (Wildman–Crippen MR) is 107 cm³/mol. The highest BCUT2D eigenvalue weighted by atomic mass is 79.9. The van der Waals surface area contributed by atoms with Crippen molar-refractivity contribution >= 4 is 32.7 Å². The van der Waals surface area contributed by atoms with Crippen molar-refractivity contribution in [2.45, 2.75) is 6.04 Å². The van der Waals surface area contributed by atoms with E-state index < -0.39 is 0 Å². The molecule has 0 aliphatic carbocycles. The third kappa shape index (κ3) is 3.26. The second kappa shape index (κ2) is 7.14. The summed E-state index contributed by atoms with van der Waals surface area (Å²) in [6, 6.07) is 21.3. The molecule has 0 spiro atoms. The minimum absolute atomic E-state index is 0.182. The molecule has 4 aromatic rings. The van der Waals surface area contributed by atoms with Crippen LogP contribution in [0.15, 0.2) is 83.6 Å². The minimum atomic E-state index is -0.253. The van der Waals surface area contributed by atoms with Gasteiger partial charge in [0.2, 0.25) is 0 Å². The fourth-order valence-corrected chi connectivity index (χ4v) is 3.21. The van der Waals surface area contributed by atoms with Crippen LogP contribution in [0.5, 0.6) is 5.75 Å². The largest absolute Gasteiger partial charge is 0.505 e. The molecule has 26 heavy (non-hydrogen) atoms. The van der Waals surface area contributed by atoms with E-state index in [2.05, 4.69) is 31.2 Å². The number of anilines is 1. The molecule has 128 valence electrons. The molecule has 2 aromatic heterocycles. The monoisotopic (exact) mass is 405 g/mol. The lowest BCUT2D eigenvalue weighted by atomic mass is 9.96. The van der Waals surface area contributed by atoms with E-state index in [1.54, 1.807) is 12.4 Å². The number of phenols is 1. The summed E-state index contributed by atoms with van der Waals surface area (Å²) < 4.78 is 0.914. The van der Waals surface area contributed by atoms with E-state index in [0.29, 0.717) is 5.52 Å². The lowest BCUT2D eigenvalue weighted by molar-refractivity contribution is 0.471. The van der Waals surface area contributed by atoms with Gasteiger partial charge < -0.3 is 10.4 Å². The Labute approximate surface area is 159 Å². The standard InChI is InChI=1S/C21H16BrN3O/c22-16-9-11-18(24-13-16)25-19(14-5-2-1-3-6-14)17-10-8-15-7-4-12-23-20(15)21(17)26/h1-13,19,26H,(H,24,25)/t19-/m1/s1. The van der Waals surface area contributed by atoms with Gasteiger partial charge in [-0.2, -0.15) is 0 Å². The van der Waals surface area contributed by atoms with Gasteiger partial charge in [-0.3, -0.25) is 4.98 Å². The normalized spacial score (nSPS) is 12.0. The SMILES string of the molecule is Oc1c([C@H](Nc2ccc(Br)cn2)c2ccccc2)ccc2cccnc12. The molecule has 4 rings (SSSR count). The average molecular weight is 406 g/mol. The molecule has 0 saturated carbocycles. The van der Waals surface area contributed by atoms with Crippen molar-refractivity contribution < 1.29 is 5.11 Å². The van der Waals surface area contributed by atoms with Crippen LogP contribution >= 0.6 is 15.9 Å². The highest BCUT2D eigenvalue weighted by molar-refractivity contribution is 9.10. The minimum Gasteiger partial charge on any atom is -0.505 e. The van der Waals surface area contributed by atoms with Crippen molar-refractivity contribution in [3.05, 3.63) is 94.7 Å². The number of phenolic OH excluding ortho intramolecular Hbond substituents is 1. The first-order valence-electron chi connectivity index (χ1n) is 8.22. The molecular weight excluding hydrogens is 390 g/mol. The fraction of sp³-hybridized carbons (Fsp3) is 0.0476. The summed E-state index contributed by atoms with van der Waals surface area (Å²) in [5.41, 5.74) is 2.38. The summed E-state index contributed by atoms with van der Waals surface area (Å²) in [6.07, 6.45) is 3.43. The lowest BCUT2D eigenvalue weighted by Crippen LogP contribution is -2.13. The summed E-state index contributed by atoms with van der Waals surface area (Å²) in [5.74, 6) is 0.907. The molecule has 0 saturated heterocycles. The van der Waals surface area contributed by atoms with Crippen LogP contribution in [0.1, 0.15) is 17.2 Å². The van der Waals surface area contributed by atoms with Crippen molar-refractivity contribution in [3.63, 3.8) is 0 Å². The molecule has 2 N–H and O–H groups in total. The third-order valence-corrected chi connectivity index (χ3v) is 4.71. The van der Waals surface area contributed by atoms with E-state index >= 15 is 0 Å². The van der Waals surface area contributed by atoms with E-state index in [1.807, 2.05) is 66.7 Å². The Balaban J connectivity index is 1.83. The number of aromatic nitrogens is 2. The number of aromatic hydroxyl groups is 1. The molecular formula is C21H16BrN3O. The molecule has 0 aliphatic heterocycles. The molecule has 0 unspecified atom stereocenters. The fourth-order valence-electron chi connectivity index (χ4n) is 2.97. The molecule has 0 amide bonds. The summed E-state index contributed by atoms with van der Waals surface area (Å²) in [5, 5.41) is 15.2.